The van der Waals surface area contributed by atoms with Crippen LogP contribution in [0.5, 0.6) is 0 Å². The van der Waals surface area contributed by atoms with Crippen LogP contribution < -0.4 is 5.32 Å². The molecule has 0 radical (unpaired) electrons. The first-order chi connectivity index (χ1) is 9.66. The fourth-order valence-electron chi connectivity index (χ4n) is 3.14. The van der Waals surface area contributed by atoms with E-state index >= 15 is 0 Å². The van der Waals surface area contributed by atoms with Gasteiger partial charge in [0.2, 0.25) is 0 Å². The maximum absolute atomic E-state index is 6.07. The highest BCUT2D eigenvalue weighted by molar-refractivity contribution is 4.89. The van der Waals surface area contributed by atoms with E-state index in [1.165, 1.54) is 38.5 Å². The molecule has 3 nitrogen and oxygen atoms in total. The Morgan fingerprint density at radius 2 is 2.15 bits per heavy atom. The Labute approximate surface area is 125 Å². The molecule has 120 valence electrons. The summed E-state index contributed by atoms with van der Waals surface area (Å²) in [7, 11) is 0. The van der Waals surface area contributed by atoms with Crippen molar-refractivity contribution in [3.63, 3.8) is 0 Å². The molecule has 0 aliphatic carbocycles. The number of hydrogen-bond donors (Lipinski definition) is 1. The first kappa shape index (κ1) is 17.9. The third-order valence-corrected chi connectivity index (χ3v) is 4.60. The highest BCUT2D eigenvalue weighted by atomic mass is 16.5. The molecule has 3 atom stereocenters. The molecular weight excluding hydrogens is 250 g/mol. The molecule has 0 bridgehead atoms. The Bertz CT molecular complexity index is 241. The molecule has 20 heavy (non-hydrogen) atoms. The van der Waals surface area contributed by atoms with Crippen molar-refractivity contribution < 1.29 is 9.47 Å². The van der Waals surface area contributed by atoms with Crippen molar-refractivity contribution in [3.05, 3.63) is 0 Å². The van der Waals surface area contributed by atoms with Gasteiger partial charge in [-0.1, -0.05) is 13.8 Å². The predicted molar refractivity (Wildman–Crippen MR) is 85.2 cm³/mol. The van der Waals surface area contributed by atoms with Crippen LogP contribution in [0.4, 0.5) is 0 Å². The summed E-state index contributed by atoms with van der Waals surface area (Å²) in [5, 5.41) is 3.71. The first-order valence-corrected chi connectivity index (χ1v) is 8.65. The molecule has 3 unspecified atom stereocenters. The van der Waals surface area contributed by atoms with Crippen LogP contribution in [0.1, 0.15) is 72.6 Å². The van der Waals surface area contributed by atoms with Crippen LogP contribution in [-0.2, 0) is 9.47 Å². The summed E-state index contributed by atoms with van der Waals surface area (Å²) in [4.78, 5) is 0. The van der Waals surface area contributed by atoms with Crippen LogP contribution in [-0.4, -0.2) is 37.5 Å². The highest BCUT2D eigenvalue weighted by Crippen LogP contribution is 2.26. The predicted octanol–water partition coefficient (Wildman–Crippen LogP) is 3.91. The van der Waals surface area contributed by atoms with Crippen LogP contribution >= 0.6 is 0 Å². The van der Waals surface area contributed by atoms with Crippen LogP contribution in [0.15, 0.2) is 0 Å². The molecule has 1 heterocycles. The number of hydrogen-bond acceptors (Lipinski definition) is 3. The third-order valence-electron chi connectivity index (χ3n) is 4.60. The fraction of sp³-hybridized carbons (Fsp3) is 1.00. The van der Waals surface area contributed by atoms with Crippen LogP contribution in [0.3, 0.4) is 0 Å². The van der Waals surface area contributed by atoms with Gasteiger partial charge in [0.05, 0.1) is 11.7 Å². The van der Waals surface area contributed by atoms with Gasteiger partial charge in [-0.3, -0.25) is 0 Å². The number of nitrogens with one attached hydrogen (secondary N) is 1. The summed E-state index contributed by atoms with van der Waals surface area (Å²) >= 11 is 0. The molecule has 1 saturated heterocycles. The largest absolute Gasteiger partial charge is 0.378 e. The van der Waals surface area contributed by atoms with E-state index in [1.54, 1.807) is 0 Å². The maximum Gasteiger partial charge on any atom is 0.0803 e. The molecule has 0 amide bonds. The van der Waals surface area contributed by atoms with Gasteiger partial charge >= 0.3 is 0 Å². The van der Waals surface area contributed by atoms with Gasteiger partial charge in [-0.15, -0.1) is 0 Å². The SMILES string of the molecule is CCCNC(CCCC1CCCO1)C(C)(CC)OCC. The molecule has 0 saturated carbocycles. The third kappa shape index (κ3) is 5.71. The molecule has 0 aromatic heterocycles. The Morgan fingerprint density at radius 1 is 1.35 bits per heavy atom. The van der Waals surface area contributed by atoms with E-state index in [4.69, 9.17) is 9.47 Å². The number of rotatable bonds is 11. The zero-order chi connectivity index (χ0) is 14.8. The average molecular weight is 285 g/mol. The molecule has 1 aliphatic heterocycles. The normalized spacial score (nSPS) is 23.7. The average Bonchev–Trinajstić information content (AvgIpc) is 2.95. The summed E-state index contributed by atoms with van der Waals surface area (Å²) in [5.74, 6) is 0. The van der Waals surface area contributed by atoms with Crippen molar-refractivity contribution >= 4 is 0 Å². The Balaban J connectivity index is 2.44. The summed E-state index contributed by atoms with van der Waals surface area (Å²) < 4.78 is 11.8. The second-order valence-electron chi connectivity index (χ2n) is 6.17. The second-order valence-corrected chi connectivity index (χ2v) is 6.17. The van der Waals surface area contributed by atoms with E-state index < -0.39 is 0 Å². The van der Waals surface area contributed by atoms with Gasteiger partial charge in [0.25, 0.3) is 0 Å². The summed E-state index contributed by atoms with van der Waals surface area (Å²) in [6, 6.07) is 0.453. The van der Waals surface area contributed by atoms with E-state index in [-0.39, 0.29) is 5.60 Å². The van der Waals surface area contributed by atoms with Crippen molar-refractivity contribution in [2.24, 2.45) is 0 Å². The standard InChI is InChI=1S/C17H35NO2/c1-5-13-18-16(17(4,6-2)20-7-3)12-8-10-15-11-9-14-19-15/h15-16,18H,5-14H2,1-4H3. The van der Waals surface area contributed by atoms with Crippen molar-refractivity contribution in [1.29, 1.82) is 0 Å². The molecule has 1 N–H and O–H groups in total. The molecule has 1 aliphatic rings. The lowest BCUT2D eigenvalue weighted by Crippen LogP contribution is -2.50. The van der Waals surface area contributed by atoms with Crippen LogP contribution in [0.25, 0.3) is 0 Å². The Hall–Kier alpha value is -0.120. The lowest BCUT2D eigenvalue weighted by Gasteiger charge is -2.38. The molecule has 0 aromatic carbocycles. The van der Waals surface area contributed by atoms with E-state index in [0.29, 0.717) is 12.1 Å². The minimum Gasteiger partial charge on any atom is -0.378 e. The quantitative estimate of drug-likeness (QED) is 0.624. The Kier molecular flexibility index (Phi) is 8.74. The second kappa shape index (κ2) is 9.75. The monoisotopic (exact) mass is 285 g/mol. The van der Waals surface area contributed by atoms with E-state index in [1.807, 2.05) is 0 Å². The molecule has 0 aromatic rings. The summed E-state index contributed by atoms with van der Waals surface area (Å²) in [6.07, 6.45) is 8.87. The smallest absolute Gasteiger partial charge is 0.0803 e. The summed E-state index contributed by atoms with van der Waals surface area (Å²) in [5.41, 5.74) is -0.0412. The van der Waals surface area contributed by atoms with E-state index in [9.17, 15) is 0 Å². The summed E-state index contributed by atoms with van der Waals surface area (Å²) in [6.45, 7) is 11.6. The zero-order valence-corrected chi connectivity index (χ0v) is 14.0. The van der Waals surface area contributed by atoms with Crippen molar-refractivity contribution in [2.75, 3.05) is 19.8 Å². The minimum atomic E-state index is -0.0412. The number of ether oxygens (including phenoxy) is 2. The van der Waals surface area contributed by atoms with Gasteiger partial charge in [-0.25, -0.2) is 0 Å². The van der Waals surface area contributed by atoms with Crippen LogP contribution in [0.2, 0.25) is 0 Å². The molecule has 1 rings (SSSR count). The molecule has 0 spiro atoms. The van der Waals surface area contributed by atoms with Gasteiger partial charge in [-0.05, 0) is 65.3 Å². The minimum absolute atomic E-state index is 0.0412. The molecular formula is C17H35NO2. The van der Waals surface area contributed by atoms with Crippen LogP contribution in [0, 0.1) is 0 Å². The molecule has 1 fully saturated rings. The Morgan fingerprint density at radius 3 is 2.70 bits per heavy atom. The van der Waals surface area contributed by atoms with Gasteiger partial charge < -0.3 is 14.8 Å². The van der Waals surface area contributed by atoms with Gasteiger partial charge in [-0.2, -0.15) is 0 Å². The fourth-order valence-corrected chi connectivity index (χ4v) is 3.14. The molecule has 3 heteroatoms. The van der Waals surface area contributed by atoms with Gasteiger partial charge in [0.15, 0.2) is 0 Å². The lowest BCUT2D eigenvalue weighted by molar-refractivity contribution is -0.0579. The van der Waals surface area contributed by atoms with Crippen molar-refractivity contribution in [1.82, 2.24) is 5.32 Å². The lowest BCUT2D eigenvalue weighted by atomic mass is 9.88. The van der Waals surface area contributed by atoms with E-state index in [0.717, 1.165) is 26.2 Å². The first-order valence-electron chi connectivity index (χ1n) is 8.65. The van der Waals surface area contributed by atoms with Crippen molar-refractivity contribution in [3.8, 4) is 0 Å². The topological polar surface area (TPSA) is 30.5 Å². The van der Waals surface area contributed by atoms with Crippen molar-refractivity contribution in [2.45, 2.75) is 90.4 Å². The van der Waals surface area contributed by atoms with Gasteiger partial charge in [0.1, 0.15) is 0 Å². The highest BCUT2D eigenvalue weighted by Gasteiger charge is 2.32. The zero-order valence-electron chi connectivity index (χ0n) is 14.0. The van der Waals surface area contributed by atoms with Gasteiger partial charge in [0, 0.05) is 19.3 Å². The van der Waals surface area contributed by atoms with E-state index in [2.05, 4.69) is 33.0 Å². The maximum atomic E-state index is 6.07.